The van der Waals surface area contributed by atoms with Gasteiger partial charge in [-0.1, -0.05) is 27.5 Å². The van der Waals surface area contributed by atoms with Gasteiger partial charge in [-0.3, -0.25) is 0 Å². The van der Waals surface area contributed by atoms with E-state index in [9.17, 15) is 0 Å². The van der Waals surface area contributed by atoms with Crippen molar-refractivity contribution in [2.24, 2.45) is 0 Å². The van der Waals surface area contributed by atoms with Crippen molar-refractivity contribution in [3.05, 3.63) is 27.7 Å². The van der Waals surface area contributed by atoms with Crippen molar-refractivity contribution in [2.45, 2.75) is 18.4 Å². The molecule has 1 aromatic rings. The van der Waals surface area contributed by atoms with E-state index < -0.39 is 0 Å². The fourth-order valence-corrected chi connectivity index (χ4v) is 1.72. The Labute approximate surface area is 96.0 Å². The third-order valence-electron chi connectivity index (χ3n) is 2.32. The zero-order chi connectivity index (χ0) is 10.2. The van der Waals surface area contributed by atoms with Gasteiger partial charge in [0.1, 0.15) is 11.4 Å². The van der Waals surface area contributed by atoms with Crippen LogP contribution < -0.4 is 4.74 Å². The van der Waals surface area contributed by atoms with E-state index in [1.54, 1.807) is 6.07 Å². The fourth-order valence-electron chi connectivity index (χ4n) is 1.22. The molecule has 0 spiro atoms. The maximum Gasteiger partial charge on any atom is 0.139 e. The van der Waals surface area contributed by atoms with Gasteiger partial charge in [0.25, 0.3) is 0 Å². The first-order valence-corrected chi connectivity index (χ1v) is 5.57. The smallest absolute Gasteiger partial charge is 0.139 e. The highest BCUT2D eigenvalue weighted by Gasteiger charge is 2.45. The Hall–Kier alpha value is -0.250. The van der Waals surface area contributed by atoms with Crippen LogP contribution in [0.25, 0.3) is 0 Å². The topological polar surface area (TPSA) is 29.5 Å². The molecule has 76 valence electrons. The Morgan fingerprint density at radius 1 is 1.50 bits per heavy atom. The quantitative estimate of drug-likeness (QED) is 0.920. The van der Waals surface area contributed by atoms with Crippen LogP contribution in [0.1, 0.15) is 12.8 Å². The fraction of sp³-hybridized carbons (Fsp3) is 0.400. The molecule has 0 unspecified atom stereocenters. The lowest BCUT2D eigenvalue weighted by Gasteiger charge is -2.16. The van der Waals surface area contributed by atoms with E-state index in [2.05, 4.69) is 15.9 Å². The van der Waals surface area contributed by atoms with E-state index in [4.69, 9.17) is 21.4 Å². The van der Waals surface area contributed by atoms with Crippen molar-refractivity contribution < 1.29 is 9.84 Å². The van der Waals surface area contributed by atoms with Gasteiger partial charge in [0.15, 0.2) is 0 Å². The van der Waals surface area contributed by atoms with E-state index in [1.165, 1.54) is 0 Å². The summed E-state index contributed by atoms with van der Waals surface area (Å²) in [5.41, 5.74) is -0.371. The molecule has 1 aliphatic rings. The van der Waals surface area contributed by atoms with Crippen LogP contribution in [0.3, 0.4) is 0 Å². The lowest BCUT2D eigenvalue weighted by molar-refractivity contribution is 0.0954. The zero-order valence-corrected chi connectivity index (χ0v) is 9.81. The molecule has 0 amide bonds. The highest BCUT2D eigenvalue weighted by atomic mass is 79.9. The number of halogens is 2. The SMILES string of the molecule is OCC1(Oc2cc(Br)ccc2Cl)CC1. The van der Waals surface area contributed by atoms with Crippen LogP contribution in [-0.2, 0) is 0 Å². The van der Waals surface area contributed by atoms with Crippen LogP contribution in [0, 0.1) is 0 Å². The molecular formula is C10H10BrClO2. The molecule has 1 saturated carbocycles. The Bertz CT molecular complexity index is 350. The van der Waals surface area contributed by atoms with Crippen LogP contribution in [0.5, 0.6) is 5.75 Å². The maximum absolute atomic E-state index is 9.10. The Morgan fingerprint density at radius 3 is 2.79 bits per heavy atom. The van der Waals surface area contributed by atoms with Gasteiger partial charge in [-0.15, -0.1) is 0 Å². The average Bonchev–Trinajstić information content (AvgIpc) is 2.92. The van der Waals surface area contributed by atoms with E-state index >= 15 is 0 Å². The molecule has 0 saturated heterocycles. The summed E-state index contributed by atoms with van der Waals surface area (Å²) in [6.07, 6.45) is 1.79. The van der Waals surface area contributed by atoms with Crippen LogP contribution in [-0.4, -0.2) is 17.3 Å². The minimum absolute atomic E-state index is 0.0514. The molecule has 14 heavy (non-hydrogen) atoms. The summed E-state index contributed by atoms with van der Waals surface area (Å²) in [6, 6.07) is 5.44. The van der Waals surface area contributed by atoms with Gasteiger partial charge < -0.3 is 9.84 Å². The molecule has 0 heterocycles. The van der Waals surface area contributed by atoms with E-state index in [-0.39, 0.29) is 12.2 Å². The molecule has 2 rings (SSSR count). The molecule has 1 aromatic carbocycles. The summed E-state index contributed by atoms with van der Waals surface area (Å²) in [7, 11) is 0. The van der Waals surface area contributed by atoms with Crippen molar-refractivity contribution >= 4 is 27.5 Å². The Balaban J connectivity index is 2.20. The minimum Gasteiger partial charge on any atom is -0.483 e. The number of rotatable bonds is 3. The van der Waals surface area contributed by atoms with E-state index in [0.29, 0.717) is 10.8 Å². The van der Waals surface area contributed by atoms with Gasteiger partial charge >= 0.3 is 0 Å². The summed E-state index contributed by atoms with van der Waals surface area (Å²) in [5, 5.41) is 9.68. The van der Waals surface area contributed by atoms with Crippen molar-refractivity contribution in [1.29, 1.82) is 0 Å². The lowest BCUT2D eigenvalue weighted by Crippen LogP contribution is -2.22. The first-order chi connectivity index (χ1) is 6.65. The monoisotopic (exact) mass is 276 g/mol. The second-order valence-corrected chi connectivity index (χ2v) is 4.84. The molecule has 0 radical (unpaired) electrons. The van der Waals surface area contributed by atoms with E-state index in [0.717, 1.165) is 17.3 Å². The highest BCUT2D eigenvalue weighted by molar-refractivity contribution is 9.10. The molecule has 0 aliphatic heterocycles. The maximum atomic E-state index is 9.10. The predicted molar refractivity (Wildman–Crippen MR) is 58.8 cm³/mol. The molecular weight excluding hydrogens is 267 g/mol. The third kappa shape index (κ3) is 2.05. The molecule has 4 heteroatoms. The molecule has 0 aromatic heterocycles. The molecule has 1 aliphatic carbocycles. The largest absolute Gasteiger partial charge is 0.483 e. The van der Waals surface area contributed by atoms with Crippen molar-refractivity contribution in [1.82, 2.24) is 0 Å². The first-order valence-electron chi connectivity index (χ1n) is 4.40. The van der Waals surface area contributed by atoms with E-state index in [1.807, 2.05) is 12.1 Å². The van der Waals surface area contributed by atoms with Gasteiger partial charge in [-0.25, -0.2) is 0 Å². The zero-order valence-electron chi connectivity index (χ0n) is 7.46. The van der Waals surface area contributed by atoms with Crippen LogP contribution >= 0.6 is 27.5 Å². The van der Waals surface area contributed by atoms with Crippen LogP contribution in [0.4, 0.5) is 0 Å². The summed E-state index contributed by atoms with van der Waals surface area (Å²) in [4.78, 5) is 0. The van der Waals surface area contributed by atoms with Crippen LogP contribution in [0.15, 0.2) is 22.7 Å². The third-order valence-corrected chi connectivity index (χ3v) is 3.12. The van der Waals surface area contributed by atoms with Gasteiger partial charge in [0, 0.05) is 4.47 Å². The minimum atomic E-state index is -0.371. The first kappa shape index (κ1) is 10.3. The van der Waals surface area contributed by atoms with Gasteiger partial charge in [-0.2, -0.15) is 0 Å². The van der Waals surface area contributed by atoms with Crippen molar-refractivity contribution in [3.63, 3.8) is 0 Å². The number of hydrogen-bond donors (Lipinski definition) is 1. The van der Waals surface area contributed by atoms with Crippen LogP contribution in [0.2, 0.25) is 5.02 Å². The number of aliphatic hydroxyl groups is 1. The number of benzene rings is 1. The van der Waals surface area contributed by atoms with Gasteiger partial charge in [0.05, 0.1) is 11.6 Å². The normalized spacial score (nSPS) is 17.9. The summed E-state index contributed by atoms with van der Waals surface area (Å²) < 4.78 is 6.58. The standard InChI is InChI=1S/C10H10BrClO2/c11-7-1-2-8(12)9(5-7)14-10(6-13)3-4-10/h1-2,5,13H,3-4,6H2. The number of hydrogen-bond acceptors (Lipinski definition) is 2. The van der Waals surface area contributed by atoms with Gasteiger partial charge in [0.2, 0.25) is 0 Å². The van der Waals surface area contributed by atoms with Gasteiger partial charge in [-0.05, 0) is 31.0 Å². The second kappa shape index (κ2) is 3.72. The second-order valence-electron chi connectivity index (χ2n) is 3.52. The summed E-state index contributed by atoms with van der Waals surface area (Å²) in [5.74, 6) is 0.632. The Morgan fingerprint density at radius 2 is 2.21 bits per heavy atom. The lowest BCUT2D eigenvalue weighted by atomic mass is 10.3. The molecule has 0 atom stereocenters. The highest BCUT2D eigenvalue weighted by Crippen LogP contribution is 2.42. The number of aliphatic hydroxyl groups excluding tert-OH is 1. The van der Waals surface area contributed by atoms with Crippen molar-refractivity contribution in [2.75, 3.05) is 6.61 Å². The molecule has 0 bridgehead atoms. The number of ether oxygens (including phenoxy) is 1. The Kier molecular flexibility index (Phi) is 2.73. The van der Waals surface area contributed by atoms with Crippen molar-refractivity contribution in [3.8, 4) is 5.75 Å². The average molecular weight is 278 g/mol. The predicted octanol–water partition coefficient (Wildman–Crippen LogP) is 3.01. The molecule has 1 N–H and O–H groups in total. The summed E-state index contributed by atoms with van der Waals surface area (Å²) >= 11 is 9.30. The summed E-state index contributed by atoms with van der Waals surface area (Å²) in [6.45, 7) is 0.0514. The molecule has 1 fully saturated rings. The molecule has 2 nitrogen and oxygen atoms in total.